The SMILES string of the molecule is O=C(c1cnc(NC2CC2)cn1)N(Cc1ccccc1)c1ccccc1. The molecule has 5 heteroatoms. The third-order valence-electron chi connectivity index (χ3n) is 4.30. The summed E-state index contributed by atoms with van der Waals surface area (Å²) in [4.78, 5) is 23.5. The number of benzene rings is 2. The number of rotatable bonds is 6. The summed E-state index contributed by atoms with van der Waals surface area (Å²) in [5.74, 6) is 0.559. The van der Waals surface area contributed by atoms with Gasteiger partial charge in [0.1, 0.15) is 11.5 Å². The van der Waals surface area contributed by atoms with E-state index in [-0.39, 0.29) is 5.91 Å². The van der Waals surface area contributed by atoms with Gasteiger partial charge >= 0.3 is 0 Å². The molecule has 1 aliphatic rings. The van der Waals surface area contributed by atoms with Crippen molar-refractivity contribution in [3.05, 3.63) is 84.3 Å². The average Bonchev–Trinajstić information content (AvgIpc) is 3.52. The van der Waals surface area contributed by atoms with E-state index in [4.69, 9.17) is 0 Å². The van der Waals surface area contributed by atoms with Crippen molar-refractivity contribution >= 4 is 17.4 Å². The first-order valence-electron chi connectivity index (χ1n) is 8.79. The van der Waals surface area contributed by atoms with Crippen LogP contribution in [0.25, 0.3) is 0 Å². The van der Waals surface area contributed by atoms with Gasteiger partial charge in [-0.25, -0.2) is 9.97 Å². The highest BCUT2D eigenvalue weighted by atomic mass is 16.2. The van der Waals surface area contributed by atoms with Crippen molar-refractivity contribution in [2.45, 2.75) is 25.4 Å². The van der Waals surface area contributed by atoms with E-state index in [1.807, 2.05) is 60.7 Å². The highest BCUT2D eigenvalue weighted by molar-refractivity contribution is 6.04. The number of hydrogen-bond acceptors (Lipinski definition) is 4. The van der Waals surface area contributed by atoms with Crippen LogP contribution in [-0.2, 0) is 6.54 Å². The van der Waals surface area contributed by atoms with Gasteiger partial charge in [0.15, 0.2) is 0 Å². The van der Waals surface area contributed by atoms with Crippen LogP contribution in [0.4, 0.5) is 11.5 Å². The van der Waals surface area contributed by atoms with Gasteiger partial charge in [-0.1, -0.05) is 48.5 Å². The minimum atomic E-state index is -0.162. The van der Waals surface area contributed by atoms with Crippen molar-refractivity contribution in [2.75, 3.05) is 10.2 Å². The lowest BCUT2D eigenvalue weighted by molar-refractivity contribution is 0.0980. The summed E-state index contributed by atoms with van der Waals surface area (Å²) < 4.78 is 0. The molecule has 0 aliphatic heterocycles. The Morgan fingerprint density at radius 1 is 0.962 bits per heavy atom. The maximum Gasteiger partial charge on any atom is 0.278 e. The standard InChI is InChI=1S/C21H20N4O/c26-21(19-13-23-20(14-22-19)24-17-11-12-17)25(18-9-5-2-6-10-18)15-16-7-3-1-4-8-16/h1-10,13-14,17H,11-12,15H2,(H,23,24). The van der Waals surface area contributed by atoms with Crippen molar-refractivity contribution in [3.8, 4) is 0 Å². The van der Waals surface area contributed by atoms with E-state index in [0.717, 1.165) is 17.1 Å². The van der Waals surface area contributed by atoms with Crippen LogP contribution >= 0.6 is 0 Å². The summed E-state index contributed by atoms with van der Waals surface area (Å²) in [6.07, 6.45) is 5.52. The molecule has 130 valence electrons. The Morgan fingerprint density at radius 3 is 2.27 bits per heavy atom. The van der Waals surface area contributed by atoms with E-state index in [1.54, 1.807) is 17.3 Å². The number of aromatic nitrogens is 2. The number of anilines is 2. The molecule has 0 bridgehead atoms. The molecule has 1 amide bonds. The molecule has 5 nitrogen and oxygen atoms in total. The predicted molar refractivity (Wildman–Crippen MR) is 102 cm³/mol. The molecule has 26 heavy (non-hydrogen) atoms. The molecular weight excluding hydrogens is 324 g/mol. The fraction of sp³-hybridized carbons (Fsp3) is 0.190. The summed E-state index contributed by atoms with van der Waals surface area (Å²) in [6, 6.07) is 20.1. The Labute approximate surface area is 152 Å². The zero-order valence-electron chi connectivity index (χ0n) is 14.4. The fourth-order valence-electron chi connectivity index (χ4n) is 2.74. The molecule has 4 rings (SSSR count). The zero-order chi connectivity index (χ0) is 17.8. The Morgan fingerprint density at radius 2 is 1.65 bits per heavy atom. The topological polar surface area (TPSA) is 58.1 Å². The Bertz CT molecular complexity index is 862. The Hall–Kier alpha value is -3.21. The number of nitrogens with zero attached hydrogens (tertiary/aromatic N) is 3. The third kappa shape index (κ3) is 3.88. The molecule has 2 aromatic carbocycles. The van der Waals surface area contributed by atoms with Crippen LogP contribution in [0.2, 0.25) is 0 Å². The molecule has 1 heterocycles. The Balaban J connectivity index is 1.58. The number of amides is 1. The molecule has 1 saturated carbocycles. The van der Waals surface area contributed by atoms with Gasteiger partial charge in [-0.05, 0) is 30.5 Å². The summed E-state index contributed by atoms with van der Waals surface area (Å²) in [5, 5.41) is 3.28. The number of para-hydroxylation sites is 1. The van der Waals surface area contributed by atoms with Crippen LogP contribution in [0.15, 0.2) is 73.1 Å². The fourth-order valence-corrected chi connectivity index (χ4v) is 2.74. The second-order valence-corrected chi connectivity index (χ2v) is 6.42. The lowest BCUT2D eigenvalue weighted by atomic mass is 10.2. The van der Waals surface area contributed by atoms with Gasteiger partial charge in [-0.15, -0.1) is 0 Å². The molecule has 1 aromatic heterocycles. The lowest BCUT2D eigenvalue weighted by Gasteiger charge is -2.22. The number of hydrogen-bond donors (Lipinski definition) is 1. The summed E-state index contributed by atoms with van der Waals surface area (Å²) in [6.45, 7) is 0.480. The first-order chi connectivity index (χ1) is 12.8. The minimum Gasteiger partial charge on any atom is -0.366 e. The van der Waals surface area contributed by atoms with Crippen LogP contribution in [-0.4, -0.2) is 21.9 Å². The number of nitrogens with one attached hydrogen (secondary N) is 1. The summed E-state index contributed by atoms with van der Waals surface area (Å²) in [7, 11) is 0. The van der Waals surface area contributed by atoms with Crippen LogP contribution in [0.1, 0.15) is 28.9 Å². The van der Waals surface area contributed by atoms with Crippen molar-refractivity contribution in [1.82, 2.24) is 9.97 Å². The molecule has 0 spiro atoms. The second kappa shape index (κ2) is 7.35. The van der Waals surface area contributed by atoms with Crippen molar-refractivity contribution in [2.24, 2.45) is 0 Å². The second-order valence-electron chi connectivity index (χ2n) is 6.42. The maximum atomic E-state index is 13.1. The van der Waals surface area contributed by atoms with E-state index >= 15 is 0 Å². The largest absolute Gasteiger partial charge is 0.366 e. The van der Waals surface area contributed by atoms with Gasteiger partial charge < -0.3 is 10.2 Å². The van der Waals surface area contributed by atoms with Crippen molar-refractivity contribution in [3.63, 3.8) is 0 Å². The molecule has 0 unspecified atom stereocenters. The van der Waals surface area contributed by atoms with Crippen molar-refractivity contribution in [1.29, 1.82) is 0 Å². The summed E-state index contributed by atoms with van der Waals surface area (Å²) in [5.41, 5.74) is 2.24. The smallest absolute Gasteiger partial charge is 0.278 e. The van der Waals surface area contributed by atoms with E-state index in [0.29, 0.717) is 18.3 Å². The quantitative estimate of drug-likeness (QED) is 0.737. The van der Waals surface area contributed by atoms with Crippen LogP contribution < -0.4 is 10.2 Å². The predicted octanol–water partition coefficient (Wildman–Crippen LogP) is 3.90. The van der Waals surface area contributed by atoms with Crippen molar-refractivity contribution < 1.29 is 4.79 Å². The lowest BCUT2D eigenvalue weighted by Crippen LogP contribution is -2.31. The monoisotopic (exact) mass is 344 g/mol. The molecule has 1 N–H and O–H groups in total. The molecular formula is C21H20N4O. The normalized spacial score (nSPS) is 13.2. The molecule has 0 saturated heterocycles. The van der Waals surface area contributed by atoms with E-state index < -0.39 is 0 Å². The highest BCUT2D eigenvalue weighted by Gasteiger charge is 2.23. The van der Waals surface area contributed by atoms with E-state index in [9.17, 15) is 4.79 Å². The minimum absolute atomic E-state index is 0.162. The zero-order valence-corrected chi connectivity index (χ0v) is 14.4. The van der Waals surface area contributed by atoms with Gasteiger partial charge in [-0.2, -0.15) is 0 Å². The molecule has 3 aromatic rings. The van der Waals surface area contributed by atoms with Crippen LogP contribution in [0.3, 0.4) is 0 Å². The average molecular weight is 344 g/mol. The first kappa shape index (κ1) is 16.3. The van der Waals surface area contributed by atoms with E-state index in [1.165, 1.54) is 12.8 Å². The van der Waals surface area contributed by atoms with Crippen LogP contribution in [0.5, 0.6) is 0 Å². The molecule has 0 radical (unpaired) electrons. The van der Waals surface area contributed by atoms with Gasteiger partial charge in [0.2, 0.25) is 0 Å². The first-order valence-corrected chi connectivity index (χ1v) is 8.79. The van der Waals surface area contributed by atoms with Crippen LogP contribution in [0, 0.1) is 0 Å². The van der Waals surface area contributed by atoms with Gasteiger partial charge in [0, 0.05) is 11.7 Å². The van der Waals surface area contributed by atoms with Gasteiger partial charge in [0.25, 0.3) is 5.91 Å². The number of carbonyl (C=O) groups excluding carboxylic acids is 1. The van der Waals surface area contributed by atoms with E-state index in [2.05, 4.69) is 15.3 Å². The maximum absolute atomic E-state index is 13.1. The summed E-state index contributed by atoms with van der Waals surface area (Å²) >= 11 is 0. The molecule has 1 aliphatic carbocycles. The Kier molecular flexibility index (Phi) is 4.60. The highest BCUT2D eigenvalue weighted by Crippen LogP contribution is 2.23. The number of carbonyl (C=O) groups is 1. The third-order valence-corrected chi connectivity index (χ3v) is 4.30. The molecule has 0 atom stereocenters. The molecule has 1 fully saturated rings. The van der Waals surface area contributed by atoms with Gasteiger partial charge in [-0.3, -0.25) is 4.79 Å². The van der Waals surface area contributed by atoms with Gasteiger partial charge in [0.05, 0.1) is 18.9 Å².